The van der Waals surface area contributed by atoms with Crippen LogP contribution in [-0.4, -0.2) is 31.4 Å². The number of anilines is 1. The van der Waals surface area contributed by atoms with Crippen LogP contribution in [0.1, 0.15) is 12.6 Å². The van der Waals surface area contributed by atoms with Gasteiger partial charge < -0.3 is 5.32 Å². The summed E-state index contributed by atoms with van der Waals surface area (Å²) in [6.45, 7) is 4.08. The van der Waals surface area contributed by atoms with Gasteiger partial charge in [-0.3, -0.25) is 20.1 Å². The lowest BCUT2D eigenvalue weighted by Crippen LogP contribution is -2.08. The Hall–Kier alpha value is -2.64. The summed E-state index contributed by atoms with van der Waals surface area (Å²) in [6.07, 6.45) is 4.39. The third-order valence-corrected chi connectivity index (χ3v) is 2.38. The molecular weight excluding hydrogens is 248 g/mol. The van der Waals surface area contributed by atoms with E-state index in [9.17, 15) is 10.1 Å². The van der Waals surface area contributed by atoms with Crippen molar-refractivity contribution in [3.63, 3.8) is 0 Å². The largest absolute Gasteiger partial charge is 0.354 e. The predicted octanol–water partition coefficient (Wildman–Crippen LogP) is 1.58. The molecule has 98 valence electrons. The van der Waals surface area contributed by atoms with E-state index in [0.717, 1.165) is 0 Å². The monoisotopic (exact) mass is 260 g/mol. The highest BCUT2D eigenvalue weighted by atomic mass is 16.6. The van der Waals surface area contributed by atoms with Gasteiger partial charge in [-0.2, -0.15) is 0 Å². The summed E-state index contributed by atoms with van der Waals surface area (Å²) in [4.78, 5) is 26.8. The molecule has 2 heterocycles. The van der Waals surface area contributed by atoms with Crippen LogP contribution in [0, 0.1) is 17.0 Å². The maximum absolute atomic E-state index is 11.1. The number of nitrogens with zero attached hydrogens (tertiary/aromatic N) is 5. The van der Waals surface area contributed by atoms with Gasteiger partial charge in [-0.1, -0.05) is 0 Å². The maximum Gasteiger partial charge on any atom is 0.318 e. The predicted molar refractivity (Wildman–Crippen MR) is 68.6 cm³/mol. The van der Waals surface area contributed by atoms with Crippen molar-refractivity contribution in [3.8, 4) is 11.4 Å². The molecule has 0 fully saturated rings. The van der Waals surface area contributed by atoms with Crippen LogP contribution in [0.2, 0.25) is 0 Å². The van der Waals surface area contributed by atoms with E-state index in [0.29, 0.717) is 18.2 Å². The summed E-state index contributed by atoms with van der Waals surface area (Å²) in [5, 5.41) is 14.1. The van der Waals surface area contributed by atoms with E-state index in [4.69, 9.17) is 0 Å². The number of hydrogen-bond donors (Lipinski definition) is 1. The number of nitro groups is 1. The minimum absolute atomic E-state index is 0.151. The third kappa shape index (κ3) is 2.62. The van der Waals surface area contributed by atoms with E-state index in [1.807, 2.05) is 6.92 Å². The van der Waals surface area contributed by atoms with Crippen molar-refractivity contribution in [2.45, 2.75) is 13.8 Å². The van der Waals surface area contributed by atoms with Crippen LogP contribution in [-0.2, 0) is 0 Å². The Kier molecular flexibility index (Phi) is 3.60. The van der Waals surface area contributed by atoms with E-state index in [2.05, 4.69) is 25.3 Å². The standard InChI is InChI=1S/C11H12N6O2/c1-3-13-11-15-7(2)10(17(18)19)9(16-11)8-6-12-4-5-14-8/h4-6H,3H2,1-2H3,(H,13,15,16). The number of nitrogens with one attached hydrogen (secondary N) is 1. The number of rotatable bonds is 4. The molecular formula is C11H12N6O2. The van der Waals surface area contributed by atoms with Crippen molar-refractivity contribution >= 4 is 11.6 Å². The van der Waals surface area contributed by atoms with Crippen LogP contribution in [0.5, 0.6) is 0 Å². The molecule has 0 saturated heterocycles. The first-order valence-electron chi connectivity index (χ1n) is 5.66. The van der Waals surface area contributed by atoms with E-state index in [1.165, 1.54) is 18.6 Å². The van der Waals surface area contributed by atoms with Gasteiger partial charge in [0.25, 0.3) is 0 Å². The molecule has 0 amide bonds. The Balaban J connectivity index is 2.65. The van der Waals surface area contributed by atoms with Gasteiger partial charge in [0, 0.05) is 18.9 Å². The van der Waals surface area contributed by atoms with Crippen molar-refractivity contribution in [1.82, 2.24) is 19.9 Å². The molecule has 0 radical (unpaired) electrons. The lowest BCUT2D eigenvalue weighted by Gasteiger charge is -2.07. The summed E-state index contributed by atoms with van der Waals surface area (Å²) in [7, 11) is 0. The second-order valence-corrected chi connectivity index (χ2v) is 3.71. The van der Waals surface area contributed by atoms with Crippen molar-refractivity contribution < 1.29 is 4.92 Å². The normalized spacial score (nSPS) is 10.2. The lowest BCUT2D eigenvalue weighted by atomic mass is 10.2. The maximum atomic E-state index is 11.1. The molecule has 0 unspecified atom stereocenters. The molecule has 1 N–H and O–H groups in total. The van der Waals surface area contributed by atoms with E-state index in [-0.39, 0.29) is 17.1 Å². The molecule has 0 atom stereocenters. The number of hydrogen-bond acceptors (Lipinski definition) is 7. The lowest BCUT2D eigenvalue weighted by molar-refractivity contribution is -0.385. The fraction of sp³-hybridized carbons (Fsp3) is 0.273. The Labute approximate surface area is 109 Å². The molecule has 0 aliphatic rings. The van der Waals surface area contributed by atoms with Crippen LogP contribution in [0.15, 0.2) is 18.6 Å². The van der Waals surface area contributed by atoms with Gasteiger partial charge in [-0.25, -0.2) is 9.97 Å². The zero-order valence-electron chi connectivity index (χ0n) is 10.5. The van der Waals surface area contributed by atoms with Gasteiger partial charge in [-0.05, 0) is 13.8 Å². The summed E-state index contributed by atoms with van der Waals surface area (Å²) >= 11 is 0. The third-order valence-electron chi connectivity index (χ3n) is 2.38. The van der Waals surface area contributed by atoms with Crippen molar-refractivity contribution in [2.75, 3.05) is 11.9 Å². The Morgan fingerprint density at radius 3 is 2.74 bits per heavy atom. The average Bonchev–Trinajstić information content (AvgIpc) is 2.39. The molecule has 2 rings (SSSR count). The van der Waals surface area contributed by atoms with Crippen molar-refractivity contribution in [3.05, 3.63) is 34.4 Å². The molecule has 0 saturated carbocycles. The van der Waals surface area contributed by atoms with Gasteiger partial charge in [-0.15, -0.1) is 0 Å². The van der Waals surface area contributed by atoms with Crippen molar-refractivity contribution in [2.24, 2.45) is 0 Å². The molecule has 0 aromatic carbocycles. The summed E-state index contributed by atoms with van der Waals surface area (Å²) < 4.78 is 0. The second kappa shape index (κ2) is 5.34. The highest BCUT2D eigenvalue weighted by molar-refractivity contribution is 5.68. The highest BCUT2D eigenvalue weighted by Gasteiger charge is 2.24. The van der Waals surface area contributed by atoms with Gasteiger partial charge in [0.05, 0.1) is 11.1 Å². The highest BCUT2D eigenvalue weighted by Crippen LogP contribution is 2.29. The molecule has 0 aliphatic heterocycles. The summed E-state index contributed by atoms with van der Waals surface area (Å²) in [5.41, 5.74) is 0.652. The van der Waals surface area contributed by atoms with Crippen LogP contribution in [0.3, 0.4) is 0 Å². The first-order chi connectivity index (χ1) is 9.13. The SMILES string of the molecule is CCNc1nc(C)c([N+](=O)[O-])c(-c2cnccn2)n1. The van der Waals surface area contributed by atoms with E-state index < -0.39 is 4.92 Å². The van der Waals surface area contributed by atoms with Gasteiger partial charge >= 0.3 is 5.69 Å². The van der Waals surface area contributed by atoms with Crippen LogP contribution >= 0.6 is 0 Å². The zero-order valence-corrected chi connectivity index (χ0v) is 10.5. The molecule has 0 bridgehead atoms. The van der Waals surface area contributed by atoms with Gasteiger partial charge in [0.15, 0.2) is 5.69 Å². The fourth-order valence-corrected chi connectivity index (χ4v) is 1.62. The first-order valence-corrected chi connectivity index (χ1v) is 5.66. The topological polar surface area (TPSA) is 107 Å². The molecule has 8 heteroatoms. The van der Waals surface area contributed by atoms with Gasteiger partial charge in [0.1, 0.15) is 11.4 Å². The average molecular weight is 260 g/mol. The molecule has 2 aromatic heterocycles. The molecule has 19 heavy (non-hydrogen) atoms. The van der Waals surface area contributed by atoms with Crippen LogP contribution in [0.4, 0.5) is 11.6 Å². The minimum Gasteiger partial charge on any atom is -0.354 e. The molecule has 8 nitrogen and oxygen atoms in total. The fourth-order valence-electron chi connectivity index (χ4n) is 1.62. The second-order valence-electron chi connectivity index (χ2n) is 3.71. The molecule has 2 aromatic rings. The van der Waals surface area contributed by atoms with Crippen LogP contribution in [0.25, 0.3) is 11.4 Å². The smallest absolute Gasteiger partial charge is 0.318 e. The zero-order chi connectivity index (χ0) is 13.8. The first kappa shape index (κ1) is 12.8. The van der Waals surface area contributed by atoms with E-state index in [1.54, 1.807) is 6.92 Å². The quantitative estimate of drug-likeness (QED) is 0.656. The summed E-state index contributed by atoms with van der Waals surface area (Å²) in [5.74, 6) is 0.339. The van der Waals surface area contributed by atoms with E-state index >= 15 is 0 Å². The Morgan fingerprint density at radius 1 is 1.37 bits per heavy atom. The molecule has 0 aliphatic carbocycles. The number of aromatic nitrogens is 4. The Morgan fingerprint density at radius 2 is 2.16 bits per heavy atom. The van der Waals surface area contributed by atoms with Crippen LogP contribution < -0.4 is 5.32 Å². The van der Waals surface area contributed by atoms with Gasteiger partial charge in [0.2, 0.25) is 5.95 Å². The molecule has 0 spiro atoms. The number of aryl methyl sites for hydroxylation is 1. The summed E-state index contributed by atoms with van der Waals surface area (Å²) in [6, 6.07) is 0. The minimum atomic E-state index is -0.505. The Bertz CT molecular complexity index is 602. The van der Waals surface area contributed by atoms with Crippen molar-refractivity contribution in [1.29, 1.82) is 0 Å².